The number of rotatable bonds is 3. The summed E-state index contributed by atoms with van der Waals surface area (Å²) in [4.78, 5) is 11.4. The van der Waals surface area contributed by atoms with Crippen LogP contribution in [0.15, 0.2) is 48.8 Å². The highest BCUT2D eigenvalue weighted by atomic mass is 19.1. The van der Waals surface area contributed by atoms with Gasteiger partial charge in [-0.25, -0.2) is 13.9 Å². The maximum Gasteiger partial charge on any atom is 0.336 e. The minimum absolute atomic E-state index is 0.0922. The first-order valence-electron chi connectivity index (χ1n) is 6.02. The van der Waals surface area contributed by atoms with E-state index in [-0.39, 0.29) is 11.4 Å². The van der Waals surface area contributed by atoms with Crippen molar-refractivity contribution in [3.63, 3.8) is 0 Å². The normalized spacial score (nSPS) is 10.5. The molecule has 7 heteroatoms. The van der Waals surface area contributed by atoms with E-state index in [0.29, 0.717) is 16.8 Å². The van der Waals surface area contributed by atoms with Crippen LogP contribution in [0.5, 0.6) is 0 Å². The molecule has 0 aliphatic rings. The predicted molar refractivity (Wildman–Crippen MR) is 71.5 cm³/mol. The summed E-state index contributed by atoms with van der Waals surface area (Å²) in [7, 11) is 0. The summed E-state index contributed by atoms with van der Waals surface area (Å²) in [6.45, 7) is 0. The molecule has 0 unspecified atom stereocenters. The van der Waals surface area contributed by atoms with Crippen LogP contribution in [0, 0.1) is 5.82 Å². The van der Waals surface area contributed by atoms with E-state index in [0.717, 1.165) is 0 Å². The molecule has 0 saturated heterocycles. The van der Waals surface area contributed by atoms with Gasteiger partial charge in [0.2, 0.25) is 0 Å². The standard InChI is InChI=1S/C14H9FN4O2/c15-10-3-1-9(2-4-10)12-6-5-11(7-13(12)14(20)21)19-8-16-17-18-19/h1-8H,(H,20,21). The van der Waals surface area contributed by atoms with E-state index in [4.69, 9.17) is 0 Å². The molecule has 0 aliphatic carbocycles. The first kappa shape index (κ1) is 12.9. The Balaban J connectivity index is 2.13. The van der Waals surface area contributed by atoms with Crippen molar-refractivity contribution in [1.29, 1.82) is 0 Å². The molecule has 3 aromatic rings. The number of carbonyl (C=O) groups is 1. The third-order valence-electron chi connectivity index (χ3n) is 3.00. The first-order chi connectivity index (χ1) is 10.1. The van der Waals surface area contributed by atoms with Gasteiger partial charge in [-0.05, 0) is 45.8 Å². The van der Waals surface area contributed by atoms with Gasteiger partial charge in [-0.15, -0.1) is 5.10 Å². The molecule has 0 radical (unpaired) electrons. The van der Waals surface area contributed by atoms with Gasteiger partial charge in [0.15, 0.2) is 0 Å². The number of hydrogen-bond acceptors (Lipinski definition) is 4. The second-order valence-electron chi connectivity index (χ2n) is 4.30. The van der Waals surface area contributed by atoms with E-state index in [2.05, 4.69) is 15.5 Å². The predicted octanol–water partition coefficient (Wildman–Crippen LogP) is 2.17. The lowest BCUT2D eigenvalue weighted by molar-refractivity contribution is 0.0697. The number of carboxylic acid groups (broad SMARTS) is 1. The molecule has 0 bridgehead atoms. The van der Waals surface area contributed by atoms with Gasteiger partial charge in [0.05, 0.1) is 11.3 Å². The second kappa shape index (κ2) is 5.12. The summed E-state index contributed by atoms with van der Waals surface area (Å²) in [5, 5.41) is 20.1. The Kier molecular flexibility index (Phi) is 3.15. The van der Waals surface area contributed by atoms with E-state index < -0.39 is 5.97 Å². The van der Waals surface area contributed by atoms with Crippen LogP contribution in [0.3, 0.4) is 0 Å². The fourth-order valence-corrected chi connectivity index (χ4v) is 2.01. The van der Waals surface area contributed by atoms with E-state index in [1.807, 2.05) is 0 Å². The summed E-state index contributed by atoms with van der Waals surface area (Å²) in [6, 6.07) is 10.5. The van der Waals surface area contributed by atoms with Crippen molar-refractivity contribution in [3.8, 4) is 16.8 Å². The van der Waals surface area contributed by atoms with Crippen LogP contribution >= 0.6 is 0 Å². The highest BCUT2D eigenvalue weighted by molar-refractivity contribution is 5.96. The van der Waals surface area contributed by atoms with Gasteiger partial charge >= 0.3 is 5.97 Å². The van der Waals surface area contributed by atoms with Crippen molar-refractivity contribution in [3.05, 3.63) is 60.2 Å². The minimum Gasteiger partial charge on any atom is -0.478 e. The van der Waals surface area contributed by atoms with Crippen molar-refractivity contribution in [2.45, 2.75) is 0 Å². The molecule has 0 spiro atoms. The fraction of sp³-hybridized carbons (Fsp3) is 0. The maximum atomic E-state index is 13.0. The molecular formula is C14H9FN4O2. The molecule has 0 fully saturated rings. The van der Waals surface area contributed by atoms with E-state index >= 15 is 0 Å². The van der Waals surface area contributed by atoms with Crippen LogP contribution in [0.4, 0.5) is 4.39 Å². The average Bonchev–Trinajstić information content (AvgIpc) is 3.02. The Bertz CT molecular complexity index is 785. The van der Waals surface area contributed by atoms with Crippen LogP contribution in [0.25, 0.3) is 16.8 Å². The monoisotopic (exact) mass is 284 g/mol. The fourth-order valence-electron chi connectivity index (χ4n) is 2.01. The molecule has 0 saturated carbocycles. The lowest BCUT2D eigenvalue weighted by atomic mass is 9.99. The lowest BCUT2D eigenvalue weighted by Gasteiger charge is -2.08. The molecule has 6 nitrogen and oxygen atoms in total. The average molecular weight is 284 g/mol. The molecule has 2 aromatic carbocycles. The van der Waals surface area contributed by atoms with Crippen LogP contribution < -0.4 is 0 Å². The van der Waals surface area contributed by atoms with Crippen molar-refractivity contribution in [2.75, 3.05) is 0 Å². The van der Waals surface area contributed by atoms with Crippen LogP contribution in [-0.2, 0) is 0 Å². The van der Waals surface area contributed by atoms with Gasteiger partial charge in [0.25, 0.3) is 0 Å². The molecule has 1 aromatic heterocycles. The number of tetrazole rings is 1. The summed E-state index contributed by atoms with van der Waals surface area (Å²) >= 11 is 0. The zero-order chi connectivity index (χ0) is 14.8. The van der Waals surface area contributed by atoms with Crippen LogP contribution in [0.1, 0.15) is 10.4 Å². The molecule has 1 N–H and O–H groups in total. The Morgan fingerprint density at radius 3 is 2.52 bits per heavy atom. The van der Waals surface area contributed by atoms with Gasteiger partial charge in [-0.3, -0.25) is 0 Å². The van der Waals surface area contributed by atoms with Crippen LogP contribution in [0.2, 0.25) is 0 Å². The number of benzene rings is 2. The number of carboxylic acids is 1. The Labute approximate surface area is 118 Å². The van der Waals surface area contributed by atoms with Crippen molar-refractivity contribution < 1.29 is 14.3 Å². The molecular weight excluding hydrogens is 275 g/mol. The Hall–Kier alpha value is -3.09. The highest BCUT2D eigenvalue weighted by Crippen LogP contribution is 2.26. The molecule has 1 heterocycles. The van der Waals surface area contributed by atoms with Crippen molar-refractivity contribution in [2.24, 2.45) is 0 Å². The van der Waals surface area contributed by atoms with Crippen molar-refractivity contribution in [1.82, 2.24) is 20.2 Å². The zero-order valence-electron chi connectivity index (χ0n) is 10.6. The summed E-state index contributed by atoms with van der Waals surface area (Å²) < 4.78 is 14.3. The van der Waals surface area contributed by atoms with Crippen LogP contribution in [-0.4, -0.2) is 31.3 Å². The SMILES string of the molecule is O=C(O)c1cc(-n2cnnn2)ccc1-c1ccc(F)cc1. The van der Waals surface area contributed by atoms with E-state index in [9.17, 15) is 14.3 Å². The summed E-state index contributed by atoms with van der Waals surface area (Å²) in [6.07, 6.45) is 1.37. The number of nitrogens with zero attached hydrogens (tertiary/aromatic N) is 4. The minimum atomic E-state index is -1.08. The molecule has 0 amide bonds. The largest absolute Gasteiger partial charge is 0.478 e. The topological polar surface area (TPSA) is 80.9 Å². The third kappa shape index (κ3) is 2.48. The maximum absolute atomic E-state index is 13.0. The molecule has 0 atom stereocenters. The number of halogens is 1. The third-order valence-corrected chi connectivity index (χ3v) is 3.00. The van der Waals surface area contributed by atoms with E-state index in [1.54, 1.807) is 12.1 Å². The van der Waals surface area contributed by atoms with Gasteiger partial charge in [-0.1, -0.05) is 18.2 Å². The number of aromatic nitrogens is 4. The second-order valence-corrected chi connectivity index (χ2v) is 4.30. The van der Waals surface area contributed by atoms with Gasteiger partial charge in [0.1, 0.15) is 12.1 Å². The van der Waals surface area contributed by atoms with E-state index in [1.165, 1.54) is 41.3 Å². The summed E-state index contributed by atoms with van der Waals surface area (Å²) in [5.74, 6) is -1.45. The summed E-state index contributed by atoms with van der Waals surface area (Å²) in [5.41, 5.74) is 1.74. The number of hydrogen-bond donors (Lipinski definition) is 1. The molecule has 21 heavy (non-hydrogen) atoms. The Morgan fingerprint density at radius 1 is 1.14 bits per heavy atom. The smallest absolute Gasteiger partial charge is 0.336 e. The van der Waals surface area contributed by atoms with Gasteiger partial charge in [-0.2, -0.15) is 0 Å². The van der Waals surface area contributed by atoms with Crippen molar-refractivity contribution >= 4 is 5.97 Å². The molecule has 3 rings (SSSR count). The Morgan fingerprint density at radius 2 is 1.90 bits per heavy atom. The lowest BCUT2D eigenvalue weighted by Crippen LogP contribution is -2.03. The molecule has 104 valence electrons. The van der Waals surface area contributed by atoms with Gasteiger partial charge < -0.3 is 5.11 Å². The zero-order valence-corrected chi connectivity index (χ0v) is 10.6. The first-order valence-corrected chi connectivity index (χ1v) is 6.02. The number of aromatic carboxylic acids is 1. The molecule has 0 aliphatic heterocycles. The quantitative estimate of drug-likeness (QED) is 0.797. The highest BCUT2D eigenvalue weighted by Gasteiger charge is 2.14. The van der Waals surface area contributed by atoms with Gasteiger partial charge in [0, 0.05) is 0 Å².